The molecule has 1 N–H and O–H groups in total. The van der Waals surface area contributed by atoms with Crippen LogP contribution in [0.5, 0.6) is 0 Å². The first kappa shape index (κ1) is 8.69. The van der Waals surface area contributed by atoms with Crippen LogP contribution in [0.4, 0.5) is 0 Å². The number of piperidine rings is 1. The smallest absolute Gasteiger partial charge is 0.231 e. The molecule has 2 atom stereocenters. The third-order valence-corrected chi connectivity index (χ3v) is 2.46. The first-order valence-electron chi connectivity index (χ1n) is 4.76. The van der Waals surface area contributed by atoms with Crippen LogP contribution in [-0.4, -0.2) is 23.2 Å². The third-order valence-electron chi connectivity index (χ3n) is 2.46. The van der Waals surface area contributed by atoms with E-state index in [2.05, 4.69) is 22.4 Å². The molecule has 1 aromatic rings. The monoisotopic (exact) mass is 181 g/mol. The predicted molar refractivity (Wildman–Crippen MR) is 48.4 cm³/mol. The molecule has 4 nitrogen and oxygen atoms in total. The van der Waals surface area contributed by atoms with Crippen molar-refractivity contribution in [3.8, 4) is 0 Å². The van der Waals surface area contributed by atoms with Crippen molar-refractivity contribution in [2.24, 2.45) is 5.92 Å². The third kappa shape index (κ3) is 1.88. The van der Waals surface area contributed by atoms with Crippen molar-refractivity contribution in [2.75, 3.05) is 13.1 Å². The molecule has 72 valence electrons. The number of hydrogen-bond donors (Lipinski definition) is 1. The standard InChI is InChI=1S/C9H15N3O/c1-6-3-8(5-10-4-6)9-11-7(2)12-13-9/h6,8,10H,3-5H2,1-2H3. The van der Waals surface area contributed by atoms with Gasteiger partial charge in [-0.15, -0.1) is 0 Å². The van der Waals surface area contributed by atoms with Crippen molar-refractivity contribution in [1.29, 1.82) is 0 Å². The molecule has 1 aliphatic rings. The van der Waals surface area contributed by atoms with Gasteiger partial charge in [0.15, 0.2) is 5.82 Å². The van der Waals surface area contributed by atoms with E-state index >= 15 is 0 Å². The lowest BCUT2D eigenvalue weighted by atomic mass is 9.92. The summed E-state index contributed by atoms with van der Waals surface area (Å²) in [4.78, 5) is 4.25. The van der Waals surface area contributed by atoms with Gasteiger partial charge in [-0.25, -0.2) is 0 Å². The molecule has 13 heavy (non-hydrogen) atoms. The van der Waals surface area contributed by atoms with Crippen molar-refractivity contribution in [1.82, 2.24) is 15.5 Å². The summed E-state index contributed by atoms with van der Waals surface area (Å²) in [6.07, 6.45) is 1.15. The van der Waals surface area contributed by atoms with Gasteiger partial charge in [-0.05, 0) is 25.8 Å². The van der Waals surface area contributed by atoms with Gasteiger partial charge in [-0.1, -0.05) is 12.1 Å². The van der Waals surface area contributed by atoms with Crippen molar-refractivity contribution in [3.05, 3.63) is 11.7 Å². The largest absolute Gasteiger partial charge is 0.339 e. The number of aryl methyl sites for hydroxylation is 1. The summed E-state index contributed by atoms with van der Waals surface area (Å²) >= 11 is 0. The molecule has 2 unspecified atom stereocenters. The predicted octanol–water partition coefficient (Wildman–Crippen LogP) is 1.09. The molecule has 2 heterocycles. The summed E-state index contributed by atoms with van der Waals surface area (Å²) in [6, 6.07) is 0. The molecule has 2 rings (SSSR count). The van der Waals surface area contributed by atoms with E-state index in [9.17, 15) is 0 Å². The number of rotatable bonds is 1. The molecule has 0 radical (unpaired) electrons. The van der Waals surface area contributed by atoms with Crippen LogP contribution in [-0.2, 0) is 0 Å². The molecule has 0 spiro atoms. The topological polar surface area (TPSA) is 51.0 Å². The van der Waals surface area contributed by atoms with Crippen molar-refractivity contribution in [3.63, 3.8) is 0 Å². The first-order valence-corrected chi connectivity index (χ1v) is 4.76. The number of nitrogens with one attached hydrogen (secondary N) is 1. The van der Waals surface area contributed by atoms with Gasteiger partial charge in [-0.2, -0.15) is 4.98 Å². The van der Waals surface area contributed by atoms with Crippen LogP contribution < -0.4 is 5.32 Å². The van der Waals surface area contributed by atoms with Gasteiger partial charge in [0.25, 0.3) is 0 Å². The maximum absolute atomic E-state index is 5.15. The Hall–Kier alpha value is -0.900. The highest BCUT2D eigenvalue weighted by Crippen LogP contribution is 2.24. The van der Waals surface area contributed by atoms with Crippen molar-refractivity contribution < 1.29 is 4.52 Å². The van der Waals surface area contributed by atoms with Crippen LogP contribution in [0.2, 0.25) is 0 Å². The van der Waals surface area contributed by atoms with Crippen molar-refractivity contribution in [2.45, 2.75) is 26.2 Å². The first-order chi connectivity index (χ1) is 6.25. The highest BCUT2D eigenvalue weighted by atomic mass is 16.5. The molecule has 4 heteroatoms. The highest BCUT2D eigenvalue weighted by molar-refractivity contribution is 4.96. The van der Waals surface area contributed by atoms with Gasteiger partial charge in [0, 0.05) is 6.54 Å². The Kier molecular flexibility index (Phi) is 2.31. The summed E-state index contributed by atoms with van der Waals surface area (Å²) in [5.41, 5.74) is 0. The van der Waals surface area contributed by atoms with Gasteiger partial charge in [-0.3, -0.25) is 0 Å². The van der Waals surface area contributed by atoms with E-state index in [4.69, 9.17) is 4.52 Å². The molecular weight excluding hydrogens is 166 g/mol. The number of hydrogen-bond acceptors (Lipinski definition) is 4. The molecule has 1 saturated heterocycles. The van der Waals surface area contributed by atoms with Crippen LogP contribution in [0, 0.1) is 12.8 Å². The Labute approximate surface area is 77.7 Å². The number of aromatic nitrogens is 2. The lowest BCUT2D eigenvalue weighted by molar-refractivity contribution is 0.288. The quantitative estimate of drug-likeness (QED) is 0.704. The van der Waals surface area contributed by atoms with E-state index in [1.54, 1.807) is 0 Å². The average molecular weight is 181 g/mol. The van der Waals surface area contributed by atoms with Crippen LogP contribution >= 0.6 is 0 Å². The van der Waals surface area contributed by atoms with E-state index in [1.165, 1.54) is 0 Å². The summed E-state index contributed by atoms with van der Waals surface area (Å²) in [5, 5.41) is 7.17. The second-order valence-corrected chi connectivity index (χ2v) is 3.88. The van der Waals surface area contributed by atoms with Crippen LogP contribution in [0.15, 0.2) is 4.52 Å². The lowest BCUT2D eigenvalue weighted by Gasteiger charge is -2.24. The average Bonchev–Trinajstić information content (AvgIpc) is 2.52. The summed E-state index contributed by atoms with van der Waals surface area (Å²) in [5.74, 6) is 2.63. The van der Waals surface area contributed by atoms with Crippen LogP contribution in [0.25, 0.3) is 0 Å². The zero-order chi connectivity index (χ0) is 9.26. The van der Waals surface area contributed by atoms with E-state index in [0.29, 0.717) is 11.8 Å². The Morgan fingerprint density at radius 3 is 2.92 bits per heavy atom. The molecule has 0 aliphatic carbocycles. The van der Waals surface area contributed by atoms with E-state index in [-0.39, 0.29) is 0 Å². The molecule has 0 amide bonds. The van der Waals surface area contributed by atoms with Gasteiger partial charge in [0.1, 0.15) is 0 Å². The maximum Gasteiger partial charge on any atom is 0.231 e. The summed E-state index contributed by atoms with van der Waals surface area (Å²) in [6.45, 7) is 6.16. The normalized spacial score (nSPS) is 29.1. The van der Waals surface area contributed by atoms with E-state index < -0.39 is 0 Å². The molecule has 1 aromatic heterocycles. The lowest BCUT2D eigenvalue weighted by Crippen LogP contribution is -2.33. The van der Waals surface area contributed by atoms with Gasteiger partial charge in [0.05, 0.1) is 5.92 Å². The maximum atomic E-state index is 5.15. The second kappa shape index (κ2) is 3.46. The zero-order valence-corrected chi connectivity index (χ0v) is 8.08. The van der Waals surface area contributed by atoms with Crippen LogP contribution in [0.1, 0.15) is 31.0 Å². The minimum Gasteiger partial charge on any atom is -0.339 e. The van der Waals surface area contributed by atoms with E-state index in [0.717, 1.165) is 31.2 Å². The molecular formula is C9H15N3O. The van der Waals surface area contributed by atoms with Crippen molar-refractivity contribution >= 4 is 0 Å². The van der Waals surface area contributed by atoms with E-state index in [1.807, 2.05) is 6.92 Å². The fourth-order valence-corrected chi connectivity index (χ4v) is 1.82. The Bertz CT molecular complexity index is 284. The summed E-state index contributed by atoms with van der Waals surface area (Å²) in [7, 11) is 0. The molecule has 0 bridgehead atoms. The van der Waals surface area contributed by atoms with Gasteiger partial charge >= 0.3 is 0 Å². The second-order valence-electron chi connectivity index (χ2n) is 3.88. The minimum absolute atomic E-state index is 0.407. The Morgan fingerprint density at radius 1 is 1.46 bits per heavy atom. The fourth-order valence-electron chi connectivity index (χ4n) is 1.82. The summed E-state index contributed by atoms with van der Waals surface area (Å²) < 4.78 is 5.15. The highest BCUT2D eigenvalue weighted by Gasteiger charge is 2.24. The van der Waals surface area contributed by atoms with Gasteiger partial charge < -0.3 is 9.84 Å². The Balaban J connectivity index is 2.08. The SMILES string of the molecule is Cc1noc(C2CNCC(C)C2)n1. The fraction of sp³-hybridized carbons (Fsp3) is 0.778. The molecule has 1 fully saturated rings. The molecule has 0 aromatic carbocycles. The zero-order valence-electron chi connectivity index (χ0n) is 8.08. The minimum atomic E-state index is 0.407. The molecule has 0 saturated carbocycles. The molecule has 1 aliphatic heterocycles. The number of nitrogens with zero attached hydrogens (tertiary/aromatic N) is 2. The van der Waals surface area contributed by atoms with Gasteiger partial charge in [0.2, 0.25) is 5.89 Å². The van der Waals surface area contributed by atoms with Crippen LogP contribution in [0.3, 0.4) is 0 Å². The Morgan fingerprint density at radius 2 is 2.31 bits per heavy atom.